The Kier molecular flexibility index (Phi) is 5.98. The Morgan fingerprint density at radius 3 is 2.37 bits per heavy atom. The molecule has 0 radical (unpaired) electrons. The molecule has 0 aromatic carbocycles. The van der Waals surface area contributed by atoms with Crippen molar-refractivity contribution in [1.29, 1.82) is 0 Å². The first-order valence-corrected chi connectivity index (χ1v) is 8.89. The molecule has 2 rings (SSSR count). The topological polar surface area (TPSA) is 0 Å². The predicted molar refractivity (Wildman–Crippen MR) is 85.2 cm³/mol. The van der Waals surface area contributed by atoms with Gasteiger partial charge in [0.2, 0.25) is 0 Å². The monoisotopic (exact) mass is 262 g/mol. The van der Waals surface area contributed by atoms with Crippen LogP contribution in [0.3, 0.4) is 0 Å². The van der Waals surface area contributed by atoms with Crippen LogP contribution in [0.1, 0.15) is 78.1 Å². The molecule has 2 aliphatic rings. The molecule has 0 spiro atoms. The highest BCUT2D eigenvalue weighted by molar-refractivity contribution is 4.88. The number of hydrogen-bond donors (Lipinski definition) is 0. The molecule has 2 fully saturated rings. The zero-order valence-electron chi connectivity index (χ0n) is 13.2. The Balaban J connectivity index is 1.83. The standard InChI is InChI=1S/C19H34/c1-4-7-8-15-9-10-19-14-18(16(5-2)6-3)12-11-17(19)13-15/h4,15-19H,1,5-14H2,2-3H3. The summed E-state index contributed by atoms with van der Waals surface area (Å²) >= 11 is 0. The van der Waals surface area contributed by atoms with Gasteiger partial charge in [0.15, 0.2) is 0 Å². The highest BCUT2D eigenvalue weighted by Crippen LogP contribution is 2.48. The third kappa shape index (κ3) is 3.86. The Bertz CT molecular complexity index is 263. The molecule has 110 valence electrons. The molecule has 0 saturated heterocycles. The molecule has 0 nitrogen and oxygen atoms in total. The molecule has 4 atom stereocenters. The molecule has 0 heteroatoms. The van der Waals surface area contributed by atoms with Crippen LogP contribution < -0.4 is 0 Å². The van der Waals surface area contributed by atoms with E-state index in [1.54, 1.807) is 6.42 Å². The van der Waals surface area contributed by atoms with Crippen LogP contribution in [0.4, 0.5) is 0 Å². The second-order valence-electron chi connectivity index (χ2n) is 7.21. The first-order valence-electron chi connectivity index (χ1n) is 8.89. The molecule has 0 aromatic heterocycles. The lowest BCUT2D eigenvalue weighted by molar-refractivity contribution is 0.0713. The predicted octanol–water partition coefficient (Wildman–Crippen LogP) is 6.22. The number of fused-ring (bicyclic) bond motifs is 1. The van der Waals surface area contributed by atoms with E-state index < -0.39 is 0 Å². The molecular formula is C19H34. The van der Waals surface area contributed by atoms with E-state index in [1.165, 1.54) is 57.8 Å². The zero-order chi connectivity index (χ0) is 13.7. The van der Waals surface area contributed by atoms with Crippen molar-refractivity contribution in [2.75, 3.05) is 0 Å². The lowest BCUT2D eigenvalue weighted by Crippen LogP contribution is -2.33. The van der Waals surface area contributed by atoms with E-state index in [2.05, 4.69) is 26.5 Å². The largest absolute Gasteiger partial charge is 0.103 e. The van der Waals surface area contributed by atoms with Gasteiger partial charge in [-0.1, -0.05) is 39.2 Å². The summed E-state index contributed by atoms with van der Waals surface area (Å²) in [5.74, 6) is 5.25. The van der Waals surface area contributed by atoms with Crippen molar-refractivity contribution < 1.29 is 0 Å². The van der Waals surface area contributed by atoms with Gasteiger partial charge in [0.05, 0.1) is 0 Å². The van der Waals surface area contributed by atoms with Gasteiger partial charge in [-0.15, -0.1) is 6.58 Å². The summed E-state index contributed by atoms with van der Waals surface area (Å²) in [4.78, 5) is 0. The first kappa shape index (κ1) is 15.1. The normalized spacial score (nSPS) is 35.1. The Hall–Kier alpha value is -0.260. The lowest BCUT2D eigenvalue weighted by atomic mass is 9.62. The van der Waals surface area contributed by atoms with Crippen molar-refractivity contribution in [3.63, 3.8) is 0 Å². The van der Waals surface area contributed by atoms with E-state index in [0.29, 0.717) is 0 Å². The summed E-state index contributed by atoms with van der Waals surface area (Å²) in [5, 5.41) is 0. The summed E-state index contributed by atoms with van der Waals surface area (Å²) in [6.07, 6.45) is 16.8. The fourth-order valence-electron chi connectivity index (χ4n) is 5.02. The van der Waals surface area contributed by atoms with E-state index in [4.69, 9.17) is 0 Å². The van der Waals surface area contributed by atoms with Crippen molar-refractivity contribution in [3.05, 3.63) is 12.7 Å². The zero-order valence-corrected chi connectivity index (χ0v) is 13.2. The summed E-state index contributed by atoms with van der Waals surface area (Å²) < 4.78 is 0. The summed E-state index contributed by atoms with van der Waals surface area (Å²) in [5.41, 5.74) is 0. The number of allylic oxidation sites excluding steroid dienone is 1. The maximum atomic E-state index is 3.87. The molecule has 19 heavy (non-hydrogen) atoms. The molecule has 0 amide bonds. The van der Waals surface area contributed by atoms with Crippen molar-refractivity contribution in [1.82, 2.24) is 0 Å². The first-order chi connectivity index (χ1) is 9.28. The van der Waals surface area contributed by atoms with Gasteiger partial charge in [0, 0.05) is 0 Å². The minimum absolute atomic E-state index is 1.01. The van der Waals surface area contributed by atoms with Crippen molar-refractivity contribution in [2.45, 2.75) is 78.1 Å². The maximum absolute atomic E-state index is 3.87. The maximum Gasteiger partial charge on any atom is -0.0351 e. The van der Waals surface area contributed by atoms with Gasteiger partial charge in [-0.3, -0.25) is 0 Å². The molecule has 0 aliphatic heterocycles. The van der Waals surface area contributed by atoms with Crippen LogP contribution in [0.5, 0.6) is 0 Å². The molecule has 4 unspecified atom stereocenters. The Morgan fingerprint density at radius 2 is 1.68 bits per heavy atom. The van der Waals surface area contributed by atoms with Crippen LogP contribution in [0.2, 0.25) is 0 Å². The van der Waals surface area contributed by atoms with Gasteiger partial charge in [0.1, 0.15) is 0 Å². The molecule has 0 bridgehead atoms. The molecule has 2 saturated carbocycles. The smallest absolute Gasteiger partial charge is 0.0351 e. The third-order valence-corrected chi connectivity index (χ3v) is 6.26. The van der Waals surface area contributed by atoms with Crippen molar-refractivity contribution >= 4 is 0 Å². The fraction of sp³-hybridized carbons (Fsp3) is 0.895. The van der Waals surface area contributed by atoms with Crippen LogP contribution in [0.15, 0.2) is 12.7 Å². The quantitative estimate of drug-likeness (QED) is 0.498. The molecule has 2 aliphatic carbocycles. The van der Waals surface area contributed by atoms with E-state index in [9.17, 15) is 0 Å². The second kappa shape index (κ2) is 7.50. The molecule has 0 aromatic rings. The molecule has 0 heterocycles. The average molecular weight is 262 g/mol. The van der Waals surface area contributed by atoms with Gasteiger partial charge in [-0.05, 0) is 74.5 Å². The molecule has 0 N–H and O–H groups in total. The van der Waals surface area contributed by atoms with Crippen LogP contribution in [0, 0.1) is 29.6 Å². The average Bonchev–Trinajstić information content (AvgIpc) is 2.46. The second-order valence-corrected chi connectivity index (χ2v) is 7.21. The van der Waals surface area contributed by atoms with Crippen molar-refractivity contribution in [2.24, 2.45) is 29.6 Å². The van der Waals surface area contributed by atoms with Crippen LogP contribution in [0.25, 0.3) is 0 Å². The van der Waals surface area contributed by atoms with E-state index in [-0.39, 0.29) is 0 Å². The highest BCUT2D eigenvalue weighted by atomic mass is 14.4. The van der Waals surface area contributed by atoms with Gasteiger partial charge in [-0.2, -0.15) is 0 Å². The van der Waals surface area contributed by atoms with Gasteiger partial charge in [0.25, 0.3) is 0 Å². The Morgan fingerprint density at radius 1 is 1.00 bits per heavy atom. The summed E-state index contributed by atoms with van der Waals surface area (Å²) in [7, 11) is 0. The third-order valence-electron chi connectivity index (χ3n) is 6.26. The fourth-order valence-corrected chi connectivity index (χ4v) is 5.02. The lowest BCUT2D eigenvalue weighted by Gasteiger charge is -2.44. The van der Waals surface area contributed by atoms with E-state index in [0.717, 1.165) is 29.6 Å². The SMILES string of the molecule is C=CCCC1CCC2CC(C(CC)CC)CCC2C1. The van der Waals surface area contributed by atoms with E-state index >= 15 is 0 Å². The van der Waals surface area contributed by atoms with Crippen LogP contribution in [-0.2, 0) is 0 Å². The summed E-state index contributed by atoms with van der Waals surface area (Å²) in [6, 6.07) is 0. The Labute approximate surface area is 121 Å². The van der Waals surface area contributed by atoms with Crippen LogP contribution >= 0.6 is 0 Å². The van der Waals surface area contributed by atoms with E-state index in [1.807, 2.05) is 0 Å². The van der Waals surface area contributed by atoms with Gasteiger partial charge in [-0.25, -0.2) is 0 Å². The molecular weight excluding hydrogens is 228 g/mol. The van der Waals surface area contributed by atoms with Crippen molar-refractivity contribution in [3.8, 4) is 0 Å². The summed E-state index contributed by atoms with van der Waals surface area (Å²) in [6.45, 7) is 8.67. The minimum Gasteiger partial charge on any atom is -0.103 e. The number of hydrogen-bond acceptors (Lipinski definition) is 0. The van der Waals surface area contributed by atoms with Gasteiger partial charge < -0.3 is 0 Å². The van der Waals surface area contributed by atoms with Crippen LogP contribution in [-0.4, -0.2) is 0 Å². The highest BCUT2D eigenvalue weighted by Gasteiger charge is 2.36. The van der Waals surface area contributed by atoms with Gasteiger partial charge >= 0.3 is 0 Å². The minimum atomic E-state index is 1.01. The number of rotatable bonds is 6.